The average Bonchev–Trinajstić information content (AvgIpc) is 2.61. The monoisotopic (exact) mass is 315 g/mol. The van der Waals surface area contributed by atoms with Gasteiger partial charge in [0.25, 0.3) is 0 Å². The molecule has 0 amide bonds. The summed E-state index contributed by atoms with van der Waals surface area (Å²) in [4.78, 5) is 0. The highest BCUT2D eigenvalue weighted by atomic mass is 32.2. The van der Waals surface area contributed by atoms with Crippen LogP contribution in [0.15, 0.2) is 23.7 Å². The van der Waals surface area contributed by atoms with Crippen LogP contribution in [0.2, 0.25) is 0 Å². The Labute approximate surface area is 128 Å². The summed E-state index contributed by atoms with van der Waals surface area (Å²) in [5.41, 5.74) is -0.362. The molecular formula is C15H19F2NO2S. The van der Waals surface area contributed by atoms with Crippen molar-refractivity contribution in [1.82, 2.24) is 0 Å². The van der Waals surface area contributed by atoms with Crippen molar-refractivity contribution >= 4 is 11.8 Å². The lowest BCUT2D eigenvalue weighted by Gasteiger charge is -2.49. The van der Waals surface area contributed by atoms with Crippen molar-refractivity contribution in [1.29, 1.82) is 5.26 Å². The molecule has 116 valence electrons. The number of alkyl halides is 2. The Hall–Kier alpha value is -1.22. The first-order chi connectivity index (χ1) is 9.70. The van der Waals surface area contributed by atoms with Gasteiger partial charge in [0.15, 0.2) is 11.5 Å². The molecule has 0 radical (unpaired) electrons. The molecule has 2 rings (SSSR count). The Morgan fingerprint density at radius 1 is 1.38 bits per heavy atom. The summed E-state index contributed by atoms with van der Waals surface area (Å²) < 4.78 is 35.5. The van der Waals surface area contributed by atoms with Crippen LogP contribution in [0.4, 0.5) is 8.78 Å². The van der Waals surface area contributed by atoms with Crippen molar-refractivity contribution in [2.45, 2.75) is 45.7 Å². The third kappa shape index (κ3) is 3.18. The van der Waals surface area contributed by atoms with Crippen LogP contribution < -0.4 is 0 Å². The Balaban J connectivity index is 2.24. The molecule has 0 spiro atoms. The second-order valence-electron chi connectivity index (χ2n) is 6.14. The lowest BCUT2D eigenvalue weighted by molar-refractivity contribution is -0.326. The van der Waals surface area contributed by atoms with Gasteiger partial charge in [0.1, 0.15) is 5.40 Å². The standard InChI is InChI=1S/C15H19F2NO2S/c1-5-10-11(20-15(16,17)19-10)7-14(3,4)13-9(2)6-12(13)21-8-18/h5,7,9,12-13H,6H2,1-4H3/b10-5+,11-7+. The van der Waals surface area contributed by atoms with Crippen LogP contribution >= 0.6 is 11.8 Å². The fraction of sp³-hybridized carbons (Fsp3) is 0.667. The molecule has 2 fully saturated rings. The minimum Gasteiger partial charge on any atom is -0.396 e. The number of halogens is 2. The minimum atomic E-state index is -3.60. The van der Waals surface area contributed by atoms with E-state index in [2.05, 4.69) is 21.8 Å². The summed E-state index contributed by atoms with van der Waals surface area (Å²) in [5.74, 6) is 0.821. The van der Waals surface area contributed by atoms with E-state index < -0.39 is 6.29 Å². The van der Waals surface area contributed by atoms with E-state index in [4.69, 9.17) is 5.26 Å². The summed E-state index contributed by atoms with van der Waals surface area (Å²) >= 11 is 1.26. The molecule has 0 aromatic heterocycles. The number of thiocyanates is 1. The maximum absolute atomic E-state index is 13.2. The second kappa shape index (κ2) is 5.53. The van der Waals surface area contributed by atoms with Crippen molar-refractivity contribution in [3.63, 3.8) is 0 Å². The Bertz CT molecular complexity index is 522. The zero-order chi connectivity index (χ0) is 15.8. The first kappa shape index (κ1) is 16.2. The molecule has 1 aliphatic heterocycles. The molecule has 0 N–H and O–H groups in total. The van der Waals surface area contributed by atoms with Crippen molar-refractivity contribution in [2.24, 2.45) is 17.3 Å². The first-order valence-electron chi connectivity index (χ1n) is 6.90. The molecule has 3 unspecified atom stereocenters. The van der Waals surface area contributed by atoms with Crippen LogP contribution in [-0.2, 0) is 9.47 Å². The Morgan fingerprint density at radius 3 is 2.52 bits per heavy atom. The van der Waals surface area contributed by atoms with Crippen LogP contribution in [0.25, 0.3) is 0 Å². The van der Waals surface area contributed by atoms with Crippen LogP contribution in [0.1, 0.15) is 34.1 Å². The van der Waals surface area contributed by atoms with Gasteiger partial charge in [-0.3, -0.25) is 0 Å². The van der Waals surface area contributed by atoms with Crippen LogP contribution in [0.3, 0.4) is 0 Å². The van der Waals surface area contributed by atoms with Crippen LogP contribution in [-0.4, -0.2) is 11.5 Å². The summed E-state index contributed by atoms with van der Waals surface area (Å²) in [5, 5.41) is 11.2. The summed E-state index contributed by atoms with van der Waals surface area (Å²) in [6.07, 6.45) is 0.540. The zero-order valence-corrected chi connectivity index (χ0v) is 13.3. The molecule has 6 heteroatoms. The van der Waals surface area contributed by atoms with Gasteiger partial charge in [-0.05, 0) is 54.5 Å². The number of hydrogen-bond acceptors (Lipinski definition) is 4. The molecule has 3 atom stereocenters. The second-order valence-corrected chi connectivity index (χ2v) is 7.16. The predicted octanol–water partition coefficient (Wildman–Crippen LogP) is 4.64. The highest BCUT2D eigenvalue weighted by Crippen LogP contribution is 2.53. The Morgan fingerprint density at radius 2 is 2.00 bits per heavy atom. The van der Waals surface area contributed by atoms with Crippen molar-refractivity contribution in [2.75, 3.05) is 0 Å². The highest BCUT2D eigenvalue weighted by molar-refractivity contribution is 8.04. The lowest BCUT2D eigenvalue weighted by atomic mass is 9.60. The van der Waals surface area contributed by atoms with Crippen LogP contribution in [0, 0.1) is 27.9 Å². The molecule has 0 bridgehead atoms. The summed E-state index contributed by atoms with van der Waals surface area (Å²) in [6, 6.07) is 0. The largest absolute Gasteiger partial charge is 0.586 e. The van der Waals surface area contributed by atoms with Crippen molar-refractivity contribution in [3.05, 3.63) is 23.7 Å². The molecule has 21 heavy (non-hydrogen) atoms. The van der Waals surface area contributed by atoms with Gasteiger partial charge in [0.05, 0.1) is 0 Å². The van der Waals surface area contributed by atoms with E-state index in [-0.39, 0.29) is 28.1 Å². The number of nitrogens with zero attached hydrogens (tertiary/aromatic N) is 1. The molecular weight excluding hydrogens is 296 g/mol. The molecule has 1 saturated carbocycles. The number of thioether (sulfide) groups is 1. The van der Waals surface area contributed by atoms with E-state index in [0.29, 0.717) is 5.92 Å². The third-order valence-corrected chi connectivity index (χ3v) is 5.04. The number of rotatable bonds is 3. The molecule has 1 saturated heterocycles. The van der Waals surface area contributed by atoms with E-state index in [1.165, 1.54) is 17.8 Å². The van der Waals surface area contributed by atoms with Gasteiger partial charge in [-0.25, -0.2) is 0 Å². The Kier molecular flexibility index (Phi) is 4.25. The van der Waals surface area contributed by atoms with E-state index in [1.54, 1.807) is 13.0 Å². The summed E-state index contributed by atoms with van der Waals surface area (Å²) in [6.45, 7) is 7.72. The van der Waals surface area contributed by atoms with Gasteiger partial charge < -0.3 is 9.47 Å². The molecule has 3 nitrogen and oxygen atoms in total. The molecule has 1 heterocycles. The number of ether oxygens (including phenoxy) is 2. The van der Waals surface area contributed by atoms with Crippen molar-refractivity contribution < 1.29 is 18.3 Å². The quantitative estimate of drug-likeness (QED) is 0.712. The van der Waals surface area contributed by atoms with E-state index in [0.717, 1.165) is 6.42 Å². The number of nitriles is 1. The fourth-order valence-electron chi connectivity index (χ4n) is 3.35. The van der Waals surface area contributed by atoms with Gasteiger partial charge in [-0.2, -0.15) is 5.26 Å². The topological polar surface area (TPSA) is 42.2 Å². The molecule has 2 aliphatic rings. The van der Waals surface area contributed by atoms with Gasteiger partial charge in [0, 0.05) is 5.25 Å². The maximum Gasteiger partial charge on any atom is 0.586 e. The molecule has 1 aliphatic carbocycles. The molecule has 0 aromatic carbocycles. The number of hydrogen-bond donors (Lipinski definition) is 0. The van der Waals surface area contributed by atoms with Crippen molar-refractivity contribution in [3.8, 4) is 5.40 Å². The van der Waals surface area contributed by atoms with E-state index >= 15 is 0 Å². The SMILES string of the molecule is C/C=C1/OC(F)(F)O/C1=C/C(C)(C)C1C(C)CC1SC#N. The van der Waals surface area contributed by atoms with E-state index in [1.807, 2.05) is 13.8 Å². The van der Waals surface area contributed by atoms with Gasteiger partial charge in [-0.15, -0.1) is 8.78 Å². The first-order valence-corrected chi connectivity index (χ1v) is 7.78. The predicted molar refractivity (Wildman–Crippen MR) is 77.0 cm³/mol. The van der Waals surface area contributed by atoms with Gasteiger partial charge in [-0.1, -0.05) is 20.8 Å². The third-order valence-electron chi connectivity index (χ3n) is 4.15. The normalized spacial score (nSPS) is 35.0. The van der Waals surface area contributed by atoms with E-state index in [9.17, 15) is 8.78 Å². The zero-order valence-electron chi connectivity index (χ0n) is 12.5. The van der Waals surface area contributed by atoms with Gasteiger partial charge >= 0.3 is 6.29 Å². The maximum atomic E-state index is 13.2. The average molecular weight is 315 g/mol. The van der Waals surface area contributed by atoms with Gasteiger partial charge in [0.2, 0.25) is 0 Å². The summed E-state index contributed by atoms with van der Waals surface area (Å²) in [7, 11) is 0. The number of allylic oxidation sites excluding steroid dienone is 2. The molecule has 0 aromatic rings. The lowest BCUT2D eigenvalue weighted by Crippen LogP contribution is -2.46. The highest BCUT2D eigenvalue weighted by Gasteiger charge is 2.50. The van der Waals surface area contributed by atoms with Crippen LogP contribution in [0.5, 0.6) is 0 Å². The fourth-order valence-corrected chi connectivity index (χ4v) is 4.65. The smallest absolute Gasteiger partial charge is 0.396 e. The minimum absolute atomic E-state index is 0.0598.